The van der Waals surface area contributed by atoms with Gasteiger partial charge in [0.05, 0.1) is 21.5 Å². The standard InChI is InChI=1S/C18H17ClN2O4S/c19-13-6-5-11(9-14(13)20-16(22)15-4-2-8-26-15)17(23)21-7-1-3-12(10-21)18(24)25/h2,4-6,8-9,12H,1,3,7,10H2,(H,20,22)(H,24,25). The fourth-order valence-corrected chi connectivity index (χ4v) is 3.68. The summed E-state index contributed by atoms with van der Waals surface area (Å²) in [7, 11) is 0. The number of anilines is 1. The van der Waals surface area contributed by atoms with Gasteiger partial charge in [-0.15, -0.1) is 11.3 Å². The van der Waals surface area contributed by atoms with Crippen molar-refractivity contribution in [1.82, 2.24) is 4.90 Å². The van der Waals surface area contributed by atoms with Crippen molar-refractivity contribution in [2.45, 2.75) is 12.8 Å². The average molecular weight is 393 g/mol. The van der Waals surface area contributed by atoms with Crippen molar-refractivity contribution in [3.05, 3.63) is 51.2 Å². The molecule has 1 unspecified atom stereocenters. The van der Waals surface area contributed by atoms with Crippen LogP contribution in [-0.4, -0.2) is 40.9 Å². The van der Waals surface area contributed by atoms with Crippen molar-refractivity contribution in [3.8, 4) is 0 Å². The summed E-state index contributed by atoms with van der Waals surface area (Å²) < 4.78 is 0. The van der Waals surface area contributed by atoms with E-state index < -0.39 is 11.9 Å². The van der Waals surface area contributed by atoms with Gasteiger partial charge in [-0.1, -0.05) is 17.7 Å². The molecule has 26 heavy (non-hydrogen) atoms. The Morgan fingerprint density at radius 3 is 2.77 bits per heavy atom. The molecular formula is C18H17ClN2O4S. The predicted octanol–water partition coefficient (Wildman–Crippen LogP) is 3.59. The minimum absolute atomic E-state index is 0.188. The van der Waals surface area contributed by atoms with Gasteiger partial charge in [-0.3, -0.25) is 14.4 Å². The molecule has 8 heteroatoms. The van der Waals surface area contributed by atoms with Gasteiger partial charge < -0.3 is 15.3 Å². The fourth-order valence-electron chi connectivity index (χ4n) is 2.89. The second kappa shape index (κ2) is 7.88. The van der Waals surface area contributed by atoms with E-state index in [1.165, 1.54) is 22.3 Å². The first-order valence-corrected chi connectivity index (χ1v) is 9.38. The molecule has 1 fully saturated rings. The molecular weight excluding hydrogens is 376 g/mol. The van der Waals surface area contributed by atoms with Gasteiger partial charge in [0.2, 0.25) is 0 Å². The SMILES string of the molecule is O=C(Nc1cc(C(=O)N2CCCC(C(=O)O)C2)ccc1Cl)c1cccs1. The molecule has 3 rings (SSSR count). The van der Waals surface area contributed by atoms with Crippen LogP contribution in [0.3, 0.4) is 0 Å². The Hall–Kier alpha value is -2.38. The van der Waals surface area contributed by atoms with Crippen molar-refractivity contribution < 1.29 is 19.5 Å². The maximum atomic E-state index is 12.7. The number of aliphatic carboxylic acids is 1. The Balaban J connectivity index is 1.77. The van der Waals surface area contributed by atoms with Gasteiger partial charge in [-0.25, -0.2) is 0 Å². The van der Waals surface area contributed by atoms with Crippen LogP contribution in [0.5, 0.6) is 0 Å². The van der Waals surface area contributed by atoms with Gasteiger partial charge >= 0.3 is 5.97 Å². The van der Waals surface area contributed by atoms with Crippen molar-refractivity contribution >= 4 is 46.4 Å². The predicted molar refractivity (Wildman–Crippen MR) is 100.0 cm³/mol. The molecule has 0 aliphatic carbocycles. The van der Waals surface area contributed by atoms with Gasteiger partial charge in [-0.2, -0.15) is 0 Å². The molecule has 1 aliphatic heterocycles. The van der Waals surface area contributed by atoms with Crippen LogP contribution in [0.25, 0.3) is 0 Å². The second-order valence-corrected chi connectivity index (χ2v) is 7.41. The van der Waals surface area contributed by atoms with Gasteiger partial charge in [0.15, 0.2) is 0 Å². The average Bonchev–Trinajstić information content (AvgIpc) is 3.18. The first kappa shape index (κ1) is 18.4. The van der Waals surface area contributed by atoms with Crippen LogP contribution in [0.1, 0.15) is 32.9 Å². The molecule has 2 amide bonds. The number of nitrogens with zero attached hydrogens (tertiary/aromatic N) is 1. The van der Waals surface area contributed by atoms with Crippen LogP contribution in [0.2, 0.25) is 5.02 Å². The molecule has 1 aliphatic rings. The van der Waals surface area contributed by atoms with E-state index in [4.69, 9.17) is 11.6 Å². The number of thiophene rings is 1. The number of halogens is 1. The molecule has 0 radical (unpaired) electrons. The number of likely N-dealkylation sites (tertiary alicyclic amines) is 1. The molecule has 2 heterocycles. The summed E-state index contributed by atoms with van der Waals surface area (Å²) in [5, 5.41) is 14.0. The van der Waals surface area contributed by atoms with E-state index in [9.17, 15) is 19.5 Å². The summed E-state index contributed by atoms with van der Waals surface area (Å²) in [5.74, 6) is -1.99. The number of carboxylic acids is 1. The van der Waals surface area contributed by atoms with E-state index in [2.05, 4.69) is 5.32 Å². The molecule has 0 spiro atoms. The third-order valence-electron chi connectivity index (χ3n) is 4.26. The van der Waals surface area contributed by atoms with Gasteiger partial charge in [0.1, 0.15) is 0 Å². The van der Waals surface area contributed by atoms with E-state index in [1.807, 2.05) is 0 Å². The molecule has 1 saturated heterocycles. The maximum Gasteiger partial charge on any atom is 0.308 e. The van der Waals surface area contributed by atoms with Crippen molar-refractivity contribution in [3.63, 3.8) is 0 Å². The number of carbonyl (C=O) groups is 3. The van der Waals surface area contributed by atoms with Crippen LogP contribution in [0, 0.1) is 5.92 Å². The lowest BCUT2D eigenvalue weighted by molar-refractivity contribution is -0.143. The highest BCUT2D eigenvalue weighted by Gasteiger charge is 2.29. The number of rotatable bonds is 4. The second-order valence-electron chi connectivity index (χ2n) is 6.05. The number of benzene rings is 1. The molecule has 136 valence electrons. The van der Waals surface area contributed by atoms with E-state index in [0.29, 0.717) is 40.5 Å². The van der Waals surface area contributed by atoms with Crippen LogP contribution < -0.4 is 5.32 Å². The molecule has 2 N–H and O–H groups in total. The fraction of sp³-hybridized carbons (Fsp3) is 0.278. The number of nitrogens with one attached hydrogen (secondary N) is 1. The number of amides is 2. The van der Waals surface area contributed by atoms with Crippen LogP contribution in [-0.2, 0) is 4.79 Å². The zero-order chi connectivity index (χ0) is 18.7. The molecule has 6 nitrogen and oxygen atoms in total. The molecule has 2 aromatic rings. The van der Waals surface area contributed by atoms with E-state index in [1.54, 1.807) is 29.6 Å². The Labute approximate surface area is 159 Å². The Bertz CT molecular complexity index is 838. The summed E-state index contributed by atoms with van der Waals surface area (Å²) in [6.07, 6.45) is 1.22. The number of carbonyl (C=O) groups excluding carboxylic acids is 2. The molecule has 1 atom stereocenters. The number of hydrogen-bond donors (Lipinski definition) is 2. The number of carboxylic acid groups (broad SMARTS) is 1. The van der Waals surface area contributed by atoms with Crippen molar-refractivity contribution in [1.29, 1.82) is 0 Å². The van der Waals surface area contributed by atoms with Gasteiger partial charge in [0.25, 0.3) is 11.8 Å². The maximum absolute atomic E-state index is 12.7. The minimum atomic E-state index is -0.887. The number of piperidine rings is 1. The summed E-state index contributed by atoms with van der Waals surface area (Å²) >= 11 is 7.45. The molecule has 1 aromatic heterocycles. The highest BCUT2D eigenvalue weighted by molar-refractivity contribution is 7.12. The topological polar surface area (TPSA) is 86.7 Å². The lowest BCUT2D eigenvalue weighted by Crippen LogP contribution is -2.42. The Morgan fingerprint density at radius 1 is 1.27 bits per heavy atom. The monoisotopic (exact) mass is 392 g/mol. The molecule has 1 aromatic carbocycles. The Morgan fingerprint density at radius 2 is 2.08 bits per heavy atom. The smallest absolute Gasteiger partial charge is 0.308 e. The first-order chi connectivity index (χ1) is 12.5. The first-order valence-electron chi connectivity index (χ1n) is 8.12. The van der Waals surface area contributed by atoms with Crippen LogP contribution in [0.15, 0.2) is 35.7 Å². The van der Waals surface area contributed by atoms with E-state index >= 15 is 0 Å². The van der Waals surface area contributed by atoms with Gasteiger partial charge in [0, 0.05) is 18.7 Å². The zero-order valence-corrected chi connectivity index (χ0v) is 15.3. The van der Waals surface area contributed by atoms with E-state index in [-0.39, 0.29) is 18.4 Å². The Kier molecular flexibility index (Phi) is 5.58. The van der Waals surface area contributed by atoms with E-state index in [0.717, 1.165) is 0 Å². The summed E-state index contributed by atoms with van der Waals surface area (Å²) in [6.45, 7) is 0.704. The number of hydrogen-bond acceptors (Lipinski definition) is 4. The summed E-state index contributed by atoms with van der Waals surface area (Å²) in [6, 6.07) is 8.13. The minimum Gasteiger partial charge on any atom is -0.481 e. The lowest BCUT2D eigenvalue weighted by Gasteiger charge is -2.30. The summed E-state index contributed by atoms with van der Waals surface area (Å²) in [5.41, 5.74) is 0.713. The quantitative estimate of drug-likeness (QED) is 0.832. The summed E-state index contributed by atoms with van der Waals surface area (Å²) in [4.78, 5) is 38.2. The lowest BCUT2D eigenvalue weighted by atomic mass is 9.97. The van der Waals surface area contributed by atoms with Crippen molar-refractivity contribution in [2.24, 2.45) is 5.92 Å². The highest BCUT2D eigenvalue weighted by Crippen LogP contribution is 2.26. The largest absolute Gasteiger partial charge is 0.481 e. The molecule has 0 bridgehead atoms. The van der Waals surface area contributed by atoms with Crippen LogP contribution >= 0.6 is 22.9 Å². The van der Waals surface area contributed by atoms with Crippen molar-refractivity contribution in [2.75, 3.05) is 18.4 Å². The zero-order valence-electron chi connectivity index (χ0n) is 13.8. The normalized spacial score (nSPS) is 17.0. The third-order valence-corrected chi connectivity index (χ3v) is 5.46. The highest BCUT2D eigenvalue weighted by atomic mass is 35.5. The van der Waals surface area contributed by atoms with Crippen LogP contribution in [0.4, 0.5) is 5.69 Å². The molecule has 0 saturated carbocycles. The van der Waals surface area contributed by atoms with Gasteiger partial charge in [-0.05, 0) is 42.5 Å². The third kappa shape index (κ3) is 4.05.